The molecule has 1 amide bonds. The van der Waals surface area contributed by atoms with Gasteiger partial charge in [-0.15, -0.1) is 0 Å². The molecule has 1 N–H and O–H groups in total. The van der Waals surface area contributed by atoms with Crippen LogP contribution in [0.1, 0.15) is 32.6 Å². The molecule has 1 aliphatic carbocycles. The molecule has 3 nitrogen and oxygen atoms in total. The first-order valence-electron chi connectivity index (χ1n) is 8.80. The normalized spacial score (nSPS) is 20.4. The first kappa shape index (κ1) is 16.6. The molecule has 3 rings (SSSR count). The molecule has 0 bridgehead atoms. The third kappa shape index (κ3) is 4.16. The number of hydrogen-bond donors (Lipinski definition) is 1. The van der Waals surface area contributed by atoms with Crippen molar-refractivity contribution in [1.29, 1.82) is 0 Å². The minimum Gasteiger partial charge on any atom is -0.483 e. The Kier molecular flexibility index (Phi) is 5.52. The van der Waals surface area contributed by atoms with Crippen molar-refractivity contribution in [3.05, 3.63) is 54.6 Å². The lowest BCUT2D eigenvalue weighted by Gasteiger charge is -2.29. The summed E-state index contributed by atoms with van der Waals surface area (Å²) < 4.78 is 5.82. The molecule has 126 valence electrons. The first-order chi connectivity index (χ1) is 11.7. The first-order valence-corrected chi connectivity index (χ1v) is 8.80. The summed E-state index contributed by atoms with van der Waals surface area (Å²) in [7, 11) is 0. The lowest BCUT2D eigenvalue weighted by molar-refractivity contribution is -0.124. The number of ether oxygens (including phenoxy) is 1. The maximum Gasteiger partial charge on any atom is 0.258 e. The molecule has 3 heteroatoms. The van der Waals surface area contributed by atoms with Gasteiger partial charge >= 0.3 is 0 Å². The Morgan fingerprint density at radius 1 is 1.04 bits per heavy atom. The van der Waals surface area contributed by atoms with Crippen molar-refractivity contribution in [2.75, 3.05) is 6.61 Å². The number of carbonyl (C=O) groups is 1. The lowest BCUT2D eigenvalue weighted by atomic mass is 9.86. The number of benzene rings is 2. The fourth-order valence-corrected chi connectivity index (χ4v) is 3.37. The van der Waals surface area contributed by atoms with Crippen LogP contribution in [-0.4, -0.2) is 18.6 Å². The van der Waals surface area contributed by atoms with Gasteiger partial charge in [0.1, 0.15) is 5.75 Å². The summed E-state index contributed by atoms with van der Waals surface area (Å²) in [5, 5.41) is 3.13. The Balaban J connectivity index is 1.61. The van der Waals surface area contributed by atoms with Gasteiger partial charge in [-0.25, -0.2) is 0 Å². The average Bonchev–Trinajstić information content (AvgIpc) is 2.63. The molecular formula is C21H25NO2. The second-order valence-electron chi connectivity index (χ2n) is 6.59. The Bertz CT molecular complexity index is 669. The fraction of sp³-hybridized carbons (Fsp3) is 0.381. The molecule has 1 fully saturated rings. The van der Waals surface area contributed by atoms with Gasteiger partial charge in [0.15, 0.2) is 6.61 Å². The zero-order valence-electron chi connectivity index (χ0n) is 14.2. The zero-order valence-corrected chi connectivity index (χ0v) is 14.2. The molecule has 24 heavy (non-hydrogen) atoms. The van der Waals surface area contributed by atoms with Crippen LogP contribution in [0, 0.1) is 5.92 Å². The van der Waals surface area contributed by atoms with E-state index >= 15 is 0 Å². The maximum absolute atomic E-state index is 12.2. The number of para-hydroxylation sites is 1. The third-order valence-corrected chi connectivity index (χ3v) is 4.79. The highest BCUT2D eigenvalue weighted by molar-refractivity contribution is 5.78. The predicted molar refractivity (Wildman–Crippen MR) is 96.9 cm³/mol. The van der Waals surface area contributed by atoms with Gasteiger partial charge in [0.2, 0.25) is 0 Å². The molecular weight excluding hydrogens is 298 g/mol. The highest BCUT2D eigenvalue weighted by Crippen LogP contribution is 2.29. The minimum atomic E-state index is -0.0309. The summed E-state index contributed by atoms with van der Waals surface area (Å²) in [4.78, 5) is 12.2. The molecule has 1 saturated carbocycles. The number of amides is 1. The van der Waals surface area contributed by atoms with Gasteiger partial charge in [0.05, 0.1) is 0 Å². The van der Waals surface area contributed by atoms with Crippen molar-refractivity contribution in [2.24, 2.45) is 5.92 Å². The zero-order chi connectivity index (χ0) is 16.8. The van der Waals surface area contributed by atoms with E-state index in [-0.39, 0.29) is 12.5 Å². The fourth-order valence-electron chi connectivity index (χ4n) is 3.37. The van der Waals surface area contributed by atoms with Gasteiger partial charge in [0.25, 0.3) is 5.91 Å². The second-order valence-corrected chi connectivity index (χ2v) is 6.59. The van der Waals surface area contributed by atoms with Crippen molar-refractivity contribution in [2.45, 2.75) is 38.6 Å². The van der Waals surface area contributed by atoms with E-state index in [2.05, 4.69) is 12.2 Å². The van der Waals surface area contributed by atoms with E-state index in [1.165, 1.54) is 19.3 Å². The SMILES string of the molecule is CC1CCCCC1NC(=O)COc1ccccc1-c1ccccc1. The van der Waals surface area contributed by atoms with Crippen LogP contribution in [0.4, 0.5) is 0 Å². The molecule has 0 spiro atoms. The summed E-state index contributed by atoms with van der Waals surface area (Å²) in [5.74, 6) is 1.27. The van der Waals surface area contributed by atoms with E-state index in [9.17, 15) is 4.79 Å². The van der Waals surface area contributed by atoms with Crippen molar-refractivity contribution < 1.29 is 9.53 Å². The van der Waals surface area contributed by atoms with Gasteiger partial charge in [-0.2, -0.15) is 0 Å². The van der Waals surface area contributed by atoms with Crippen LogP contribution in [0.5, 0.6) is 5.75 Å². The van der Waals surface area contributed by atoms with Gasteiger partial charge in [0, 0.05) is 11.6 Å². The Hall–Kier alpha value is -2.29. The standard InChI is InChI=1S/C21H25NO2/c1-16-9-5-7-13-19(16)22-21(23)15-24-20-14-8-6-12-18(20)17-10-3-2-4-11-17/h2-4,6,8,10-12,14,16,19H,5,7,9,13,15H2,1H3,(H,22,23). The number of carbonyl (C=O) groups excluding carboxylic acids is 1. The average molecular weight is 323 g/mol. The minimum absolute atomic E-state index is 0.0309. The number of rotatable bonds is 5. The largest absolute Gasteiger partial charge is 0.483 e. The van der Waals surface area contributed by atoms with E-state index in [4.69, 9.17) is 4.74 Å². The molecule has 2 aromatic rings. The molecule has 2 aromatic carbocycles. The monoisotopic (exact) mass is 323 g/mol. The smallest absolute Gasteiger partial charge is 0.258 e. The molecule has 0 radical (unpaired) electrons. The molecule has 1 aliphatic rings. The van der Waals surface area contributed by atoms with Crippen LogP contribution < -0.4 is 10.1 Å². The van der Waals surface area contributed by atoms with Crippen LogP contribution in [0.3, 0.4) is 0 Å². The van der Waals surface area contributed by atoms with E-state index < -0.39 is 0 Å². The van der Waals surface area contributed by atoms with Crippen molar-refractivity contribution in [3.63, 3.8) is 0 Å². The summed E-state index contributed by atoms with van der Waals surface area (Å²) in [5.41, 5.74) is 2.10. The maximum atomic E-state index is 12.2. The van der Waals surface area contributed by atoms with Crippen LogP contribution in [0.25, 0.3) is 11.1 Å². The van der Waals surface area contributed by atoms with Crippen LogP contribution in [0.15, 0.2) is 54.6 Å². The quantitative estimate of drug-likeness (QED) is 0.884. The molecule has 2 unspecified atom stereocenters. The van der Waals surface area contributed by atoms with Crippen molar-refractivity contribution in [1.82, 2.24) is 5.32 Å². The highest BCUT2D eigenvalue weighted by Gasteiger charge is 2.22. The Morgan fingerprint density at radius 2 is 1.75 bits per heavy atom. The second kappa shape index (κ2) is 8.00. The van der Waals surface area contributed by atoms with Crippen LogP contribution in [0.2, 0.25) is 0 Å². The van der Waals surface area contributed by atoms with E-state index in [1.807, 2.05) is 54.6 Å². The molecule has 0 saturated heterocycles. The van der Waals surface area contributed by atoms with Crippen molar-refractivity contribution in [3.8, 4) is 16.9 Å². The molecule has 0 aromatic heterocycles. The Morgan fingerprint density at radius 3 is 2.54 bits per heavy atom. The topological polar surface area (TPSA) is 38.3 Å². The van der Waals surface area contributed by atoms with Gasteiger partial charge in [-0.05, 0) is 30.4 Å². The third-order valence-electron chi connectivity index (χ3n) is 4.79. The molecule has 2 atom stereocenters. The number of hydrogen-bond acceptors (Lipinski definition) is 2. The van der Waals surface area contributed by atoms with Gasteiger partial charge in [-0.3, -0.25) is 4.79 Å². The van der Waals surface area contributed by atoms with Gasteiger partial charge < -0.3 is 10.1 Å². The van der Waals surface area contributed by atoms with E-state index in [0.717, 1.165) is 23.3 Å². The van der Waals surface area contributed by atoms with E-state index in [0.29, 0.717) is 12.0 Å². The summed E-state index contributed by atoms with van der Waals surface area (Å²) in [6, 6.07) is 18.2. The summed E-state index contributed by atoms with van der Waals surface area (Å²) in [6.07, 6.45) is 4.75. The summed E-state index contributed by atoms with van der Waals surface area (Å²) >= 11 is 0. The van der Waals surface area contributed by atoms with E-state index in [1.54, 1.807) is 0 Å². The number of nitrogens with one attached hydrogen (secondary N) is 1. The van der Waals surface area contributed by atoms with Crippen LogP contribution in [-0.2, 0) is 4.79 Å². The van der Waals surface area contributed by atoms with Crippen LogP contribution >= 0.6 is 0 Å². The van der Waals surface area contributed by atoms with Crippen molar-refractivity contribution >= 4 is 5.91 Å². The lowest BCUT2D eigenvalue weighted by Crippen LogP contribution is -2.43. The molecule has 0 heterocycles. The summed E-state index contributed by atoms with van der Waals surface area (Å²) in [6.45, 7) is 2.28. The predicted octanol–water partition coefficient (Wildman–Crippen LogP) is 4.43. The molecule has 0 aliphatic heterocycles. The Labute approximate surface area is 144 Å². The highest BCUT2D eigenvalue weighted by atomic mass is 16.5. The van der Waals surface area contributed by atoms with Gasteiger partial charge in [-0.1, -0.05) is 68.3 Å².